The molecule has 10 nitrogen and oxygen atoms in total. The van der Waals surface area contributed by atoms with Crippen molar-refractivity contribution in [2.24, 2.45) is 0 Å². The van der Waals surface area contributed by atoms with Crippen molar-refractivity contribution < 1.29 is 49.2 Å². The minimum absolute atomic E-state index is 0. The van der Waals surface area contributed by atoms with Crippen LogP contribution in [0.2, 0.25) is 0 Å². The molecule has 0 saturated heterocycles. The number of fused-ring (bicyclic) bond motifs is 8. The fourth-order valence-corrected chi connectivity index (χ4v) is 6.53. The number of aromatic amines is 2. The van der Waals surface area contributed by atoms with Gasteiger partial charge in [-0.3, -0.25) is 14.6 Å². The van der Waals surface area contributed by atoms with Gasteiger partial charge in [-0.1, -0.05) is 26.5 Å². The van der Waals surface area contributed by atoms with Gasteiger partial charge >= 0.3 is 69.3 Å². The maximum absolute atomic E-state index is 12.7. The van der Waals surface area contributed by atoms with Gasteiger partial charge in [0.05, 0.1) is 29.1 Å². The van der Waals surface area contributed by atoms with Crippen LogP contribution in [0.3, 0.4) is 0 Å². The molecule has 2 atom stereocenters. The number of allylic oxidation sites excluding steroid dienone is 1. The van der Waals surface area contributed by atoms with Crippen LogP contribution in [-0.4, -0.2) is 105 Å². The molecule has 0 spiro atoms. The third-order valence-electron chi connectivity index (χ3n) is 8.94. The number of hydrogen-bond donors (Lipinski definition) is 5. The summed E-state index contributed by atoms with van der Waals surface area (Å²) in [6.07, 6.45) is 2.03. The third-order valence-corrected chi connectivity index (χ3v) is 8.94. The minimum atomic E-state index is -1.23. The molecule has 232 valence electrons. The number of H-pyrrole nitrogens is 2. The quantitative estimate of drug-likeness (QED) is 0.181. The van der Waals surface area contributed by atoms with Crippen molar-refractivity contribution in [2.75, 3.05) is 0 Å². The second-order valence-corrected chi connectivity index (χ2v) is 11.5. The Morgan fingerprint density at radius 2 is 1.57 bits per heavy atom. The van der Waals surface area contributed by atoms with Crippen LogP contribution < -0.4 is 0 Å². The number of aromatic nitrogens is 4. The summed E-state index contributed by atoms with van der Waals surface area (Å²) in [5.74, 6) is -4.13. The molecule has 0 radical (unpaired) electrons. The molecule has 46 heavy (non-hydrogen) atoms. The number of carboxylic acids is 3. The van der Waals surface area contributed by atoms with Gasteiger partial charge < -0.3 is 25.3 Å². The first-order valence-corrected chi connectivity index (χ1v) is 14.6. The first kappa shape index (κ1) is 37.7. The van der Waals surface area contributed by atoms with Crippen LogP contribution in [-0.2, 0) is 46.7 Å². The first-order chi connectivity index (χ1) is 20.9. The van der Waals surface area contributed by atoms with Crippen molar-refractivity contribution in [1.29, 1.82) is 0 Å². The van der Waals surface area contributed by atoms with Crippen LogP contribution in [0.4, 0.5) is 0 Å². The zero-order valence-corrected chi connectivity index (χ0v) is 29.1. The molecule has 5 rings (SSSR count). The predicted molar refractivity (Wildman–Crippen MR) is 177 cm³/mol. The van der Waals surface area contributed by atoms with E-state index < -0.39 is 30.2 Å². The van der Waals surface area contributed by atoms with Gasteiger partial charge in [-0.2, -0.15) is 0 Å². The van der Waals surface area contributed by atoms with Crippen molar-refractivity contribution in [1.82, 2.24) is 19.9 Å². The van der Waals surface area contributed by atoms with E-state index in [2.05, 4.69) is 16.5 Å². The van der Waals surface area contributed by atoms with E-state index in [1.807, 2.05) is 45.9 Å². The summed E-state index contributed by atoms with van der Waals surface area (Å²) in [6, 6.07) is 5.75. The molecule has 2 aliphatic heterocycles. The van der Waals surface area contributed by atoms with E-state index >= 15 is 0 Å². The summed E-state index contributed by atoms with van der Waals surface area (Å²) in [5, 5.41) is 29.9. The van der Waals surface area contributed by atoms with Crippen LogP contribution in [0.25, 0.3) is 39.3 Å². The fourth-order valence-electron chi connectivity index (χ4n) is 6.53. The molecule has 2 aliphatic rings. The summed E-state index contributed by atoms with van der Waals surface area (Å²) in [5.41, 5.74) is 9.23. The largest absolute Gasteiger partial charge is 0 e. The molecule has 5 heterocycles. The molecule has 0 aliphatic carbocycles. The Labute approximate surface area is 322 Å². The van der Waals surface area contributed by atoms with E-state index in [9.17, 15) is 29.7 Å². The maximum Gasteiger partial charge on any atom is 0 e. The number of nitrogens with zero attached hydrogens (tertiary/aromatic N) is 2. The Hall–Kier alpha value is -2.73. The number of carboxylic acid groups (broad SMARTS) is 3. The zero-order chi connectivity index (χ0) is 32.0. The molecule has 0 saturated carbocycles. The van der Waals surface area contributed by atoms with Crippen LogP contribution in [0.15, 0.2) is 24.8 Å². The van der Waals surface area contributed by atoms with E-state index in [4.69, 9.17) is 9.97 Å². The van der Waals surface area contributed by atoms with Gasteiger partial charge in [-0.25, -0.2) is 9.78 Å². The normalized spacial score (nSPS) is 15.6. The number of nitrogens with one attached hydrogen (secondary N) is 2. The maximum atomic E-state index is 12.7. The molecule has 3 aromatic heterocycles. The van der Waals surface area contributed by atoms with Gasteiger partial charge in [0.15, 0.2) is 0 Å². The summed E-state index contributed by atoms with van der Waals surface area (Å²) >= 11 is 0. The minimum Gasteiger partial charge on any atom is 0 e. The fraction of sp³-hybridized carbons (Fsp3) is 0.324. The van der Waals surface area contributed by atoms with Crippen molar-refractivity contribution >= 4 is 109 Å². The molecule has 0 amide bonds. The van der Waals surface area contributed by atoms with E-state index in [0.717, 1.165) is 44.3 Å². The number of rotatable bonds is 8. The SMILES string of the molecule is C=Cc1c(C)c2cc3nc(c(CC(=O)O)c4nc(cc5[nH]c(cc1[nH]2)c(C)c5CC)C(C)=C4C(=O)O)[C@@H](CCC(=O)O)[C@@H]3C.[KH].[Zn]. The number of aliphatic carboxylic acids is 3. The third kappa shape index (κ3) is 6.93. The first-order valence-electron chi connectivity index (χ1n) is 14.6. The van der Waals surface area contributed by atoms with Crippen LogP contribution >= 0.6 is 0 Å². The van der Waals surface area contributed by atoms with E-state index in [1.165, 1.54) is 0 Å². The van der Waals surface area contributed by atoms with Crippen molar-refractivity contribution in [3.05, 3.63) is 75.4 Å². The molecule has 12 heteroatoms. The van der Waals surface area contributed by atoms with Crippen LogP contribution in [0.1, 0.15) is 96.0 Å². The van der Waals surface area contributed by atoms with Gasteiger partial charge in [0.25, 0.3) is 0 Å². The average molecular weight is 702 g/mol. The molecule has 0 fully saturated rings. The molecule has 5 N–H and O–H groups in total. The van der Waals surface area contributed by atoms with Crippen LogP contribution in [0.5, 0.6) is 0 Å². The van der Waals surface area contributed by atoms with Crippen molar-refractivity contribution in [2.45, 2.75) is 72.1 Å². The summed E-state index contributed by atoms with van der Waals surface area (Å²) in [6.45, 7) is 13.7. The Balaban J connectivity index is 0.00000288. The number of carbonyl (C=O) groups is 3. The molecule has 0 unspecified atom stereocenters. The smallest absolute Gasteiger partial charge is 0 e. The van der Waals surface area contributed by atoms with Crippen LogP contribution in [0, 0.1) is 13.8 Å². The summed E-state index contributed by atoms with van der Waals surface area (Å²) in [7, 11) is 0. The Morgan fingerprint density at radius 1 is 0.913 bits per heavy atom. The summed E-state index contributed by atoms with van der Waals surface area (Å²) < 4.78 is 0. The van der Waals surface area contributed by atoms with Gasteiger partial charge in [-0.05, 0) is 74.1 Å². The Bertz CT molecular complexity index is 1960. The standard InChI is InChI=1S/C34H36N4O6.K.Zn.H/c1-7-19-15(3)23-12-25-17(5)21(9-10-29(39)40)32(37-25)22(11-30(41)42)33-31(34(43)44)18(6)26(38-33)14-28-20(8-2)16(4)24(36-28)13-27(19)35-23;;;/h7,12-14,17,21,35-36H,1,8-11H2,2-6H3,(H,39,40)(H,41,42)(H,43,44);;;/t17-,21-;;;/m0.../s1. The van der Waals surface area contributed by atoms with Gasteiger partial charge in [-0.15, -0.1) is 0 Å². The van der Waals surface area contributed by atoms with E-state index in [-0.39, 0.29) is 106 Å². The second kappa shape index (κ2) is 15.0. The Morgan fingerprint density at radius 3 is 2.15 bits per heavy atom. The molecular formula is C34H37KN4O6Zn. The zero-order valence-electron chi connectivity index (χ0n) is 26.2. The van der Waals surface area contributed by atoms with Crippen molar-refractivity contribution in [3.63, 3.8) is 0 Å². The number of aryl methyl sites for hydroxylation is 3. The van der Waals surface area contributed by atoms with Crippen molar-refractivity contribution in [3.8, 4) is 0 Å². The monoisotopic (exact) mass is 700 g/mol. The average Bonchev–Trinajstić information content (AvgIpc) is 3.63. The topological polar surface area (TPSA) is 169 Å². The van der Waals surface area contributed by atoms with E-state index in [0.29, 0.717) is 29.1 Å². The molecule has 3 aromatic rings. The molecular weight excluding hydrogens is 665 g/mol. The van der Waals surface area contributed by atoms with Gasteiger partial charge in [0.1, 0.15) is 0 Å². The second-order valence-electron chi connectivity index (χ2n) is 11.5. The Kier molecular flexibility index (Phi) is 12.3. The van der Waals surface area contributed by atoms with Gasteiger partial charge in [0, 0.05) is 76.6 Å². The predicted octanol–water partition coefficient (Wildman–Crippen LogP) is 5.88. The van der Waals surface area contributed by atoms with Gasteiger partial charge in [0.2, 0.25) is 0 Å². The van der Waals surface area contributed by atoms with E-state index in [1.54, 1.807) is 13.0 Å². The molecule has 0 aromatic carbocycles. The summed E-state index contributed by atoms with van der Waals surface area (Å²) in [4.78, 5) is 53.2. The molecule has 8 bridgehead atoms. The number of hydrogen-bond acceptors (Lipinski definition) is 5.